The van der Waals surface area contributed by atoms with E-state index < -0.39 is 0 Å². The molecule has 8 heteroatoms. The van der Waals surface area contributed by atoms with Gasteiger partial charge in [-0.3, -0.25) is 14.3 Å². The smallest absolute Gasteiger partial charge is 0.191 e. The van der Waals surface area contributed by atoms with Crippen LogP contribution < -0.4 is 10.6 Å². The number of thiophene rings is 1. The lowest BCUT2D eigenvalue weighted by molar-refractivity contribution is 0.128. The van der Waals surface area contributed by atoms with E-state index in [-0.39, 0.29) is 0 Å². The van der Waals surface area contributed by atoms with Crippen molar-refractivity contribution in [2.24, 2.45) is 10.9 Å². The van der Waals surface area contributed by atoms with E-state index in [0.717, 1.165) is 50.0 Å². The first-order chi connectivity index (χ1) is 14.8. The topological polar surface area (TPSA) is 69.8 Å². The zero-order chi connectivity index (χ0) is 20.8. The van der Waals surface area contributed by atoms with E-state index in [1.807, 2.05) is 40.1 Å². The van der Waals surface area contributed by atoms with Crippen molar-refractivity contribution in [3.8, 4) is 0 Å². The molecule has 1 fully saturated rings. The molecule has 2 atom stereocenters. The Morgan fingerprint density at radius 2 is 2.17 bits per heavy atom. The molecule has 1 aliphatic heterocycles. The van der Waals surface area contributed by atoms with Crippen molar-refractivity contribution in [3.63, 3.8) is 0 Å². The summed E-state index contributed by atoms with van der Waals surface area (Å²) in [7, 11) is 2.24. The van der Waals surface area contributed by atoms with Crippen LogP contribution in [0.2, 0.25) is 0 Å². The molecule has 3 aromatic heterocycles. The lowest BCUT2D eigenvalue weighted by atomic mass is 9.88. The molecule has 0 aliphatic carbocycles. The molecule has 160 valence electrons. The number of guanidine groups is 1. The highest BCUT2D eigenvalue weighted by Crippen LogP contribution is 2.37. The number of piperidine rings is 1. The molecule has 4 rings (SSSR count). The molecule has 4 heterocycles. The maximum absolute atomic E-state index is 4.94. The first-order valence-electron chi connectivity index (χ1n) is 10.8. The molecule has 2 N–H and O–H groups in total. The minimum atomic E-state index is 0.465. The summed E-state index contributed by atoms with van der Waals surface area (Å²) in [6, 6.07) is 10.8. The highest BCUT2D eigenvalue weighted by atomic mass is 32.1. The molecule has 0 amide bonds. The van der Waals surface area contributed by atoms with Gasteiger partial charge >= 0.3 is 0 Å². The SMILES string of the molecule is CCNC(=NCC1CCCN(C)C1c1cccs1)NCCc1nnc2ccccn12. The standard InChI is InChI=1S/C22H31N7S/c1-3-23-22(24-12-11-20-27-26-19-10-4-5-14-29(19)20)25-16-17-8-6-13-28(2)21(17)18-9-7-15-30-18/h4-5,7,9-10,14-15,17,21H,3,6,8,11-13,16H2,1-2H3,(H2,23,24,25). The van der Waals surface area contributed by atoms with Crippen LogP contribution in [0.1, 0.15) is 36.5 Å². The second-order valence-electron chi connectivity index (χ2n) is 7.78. The number of hydrogen-bond donors (Lipinski definition) is 2. The molecule has 7 nitrogen and oxygen atoms in total. The van der Waals surface area contributed by atoms with Gasteiger partial charge in [-0.2, -0.15) is 0 Å². The van der Waals surface area contributed by atoms with Crippen LogP contribution in [0, 0.1) is 5.92 Å². The van der Waals surface area contributed by atoms with Crippen molar-refractivity contribution in [2.45, 2.75) is 32.2 Å². The third-order valence-electron chi connectivity index (χ3n) is 5.70. The second kappa shape index (κ2) is 10.0. The monoisotopic (exact) mass is 425 g/mol. The van der Waals surface area contributed by atoms with Crippen molar-refractivity contribution in [2.75, 3.05) is 33.2 Å². The van der Waals surface area contributed by atoms with Crippen molar-refractivity contribution < 1.29 is 0 Å². The van der Waals surface area contributed by atoms with Gasteiger partial charge in [0.05, 0.1) is 0 Å². The van der Waals surface area contributed by atoms with Gasteiger partial charge in [0.25, 0.3) is 0 Å². The van der Waals surface area contributed by atoms with Gasteiger partial charge < -0.3 is 10.6 Å². The molecular weight excluding hydrogens is 394 g/mol. The third-order valence-corrected chi connectivity index (χ3v) is 6.64. The fourth-order valence-electron chi connectivity index (χ4n) is 4.26. The van der Waals surface area contributed by atoms with E-state index in [2.05, 4.69) is 57.2 Å². The van der Waals surface area contributed by atoms with Crippen molar-refractivity contribution in [3.05, 3.63) is 52.6 Å². The van der Waals surface area contributed by atoms with Crippen LogP contribution in [0.25, 0.3) is 5.65 Å². The number of aromatic nitrogens is 3. The number of aliphatic imine (C=N–C) groups is 1. The molecule has 0 bridgehead atoms. The van der Waals surface area contributed by atoms with Crippen LogP contribution in [-0.4, -0.2) is 58.7 Å². The summed E-state index contributed by atoms with van der Waals surface area (Å²) in [5.41, 5.74) is 0.883. The minimum Gasteiger partial charge on any atom is -0.357 e. The second-order valence-corrected chi connectivity index (χ2v) is 8.76. The number of hydrogen-bond acceptors (Lipinski definition) is 5. The number of fused-ring (bicyclic) bond motifs is 1. The molecule has 3 aromatic rings. The maximum Gasteiger partial charge on any atom is 0.191 e. The molecule has 0 spiro atoms. The Morgan fingerprint density at radius 3 is 3.00 bits per heavy atom. The molecule has 0 aromatic carbocycles. The van der Waals surface area contributed by atoms with Gasteiger partial charge in [-0.05, 0) is 62.9 Å². The van der Waals surface area contributed by atoms with Gasteiger partial charge in [0.15, 0.2) is 11.6 Å². The first-order valence-corrected chi connectivity index (χ1v) is 11.7. The predicted molar refractivity (Wildman–Crippen MR) is 123 cm³/mol. The highest BCUT2D eigenvalue weighted by Gasteiger charge is 2.31. The normalized spacial score (nSPS) is 20.5. The predicted octanol–water partition coefficient (Wildman–Crippen LogP) is 2.97. The number of rotatable bonds is 7. The fraction of sp³-hybridized carbons (Fsp3) is 0.500. The van der Waals surface area contributed by atoms with Gasteiger partial charge in [0.2, 0.25) is 0 Å². The van der Waals surface area contributed by atoms with Gasteiger partial charge in [-0.25, -0.2) is 0 Å². The van der Waals surface area contributed by atoms with E-state index in [9.17, 15) is 0 Å². The third kappa shape index (κ3) is 4.82. The molecular formula is C22H31N7S. The summed E-state index contributed by atoms with van der Waals surface area (Å²) >= 11 is 1.86. The van der Waals surface area contributed by atoms with Crippen LogP contribution in [0.5, 0.6) is 0 Å². The lowest BCUT2D eigenvalue weighted by Gasteiger charge is -2.38. The van der Waals surface area contributed by atoms with Crippen molar-refractivity contribution in [1.29, 1.82) is 0 Å². The van der Waals surface area contributed by atoms with Crippen molar-refractivity contribution in [1.82, 2.24) is 30.1 Å². The summed E-state index contributed by atoms with van der Waals surface area (Å²) in [5, 5.41) is 17.6. The van der Waals surface area contributed by atoms with E-state index in [4.69, 9.17) is 4.99 Å². The molecule has 1 saturated heterocycles. The Kier molecular flexibility index (Phi) is 6.96. The summed E-state index contributed by atoms with van der Waals surface area (Å²) in [6.45, 7) is 5.70. The Morgan fingerprint density at radius 1 is 1.23 bits per heavy atom. The molecule has 30 heavy (non-hydrogen) atoms. The Balaban J connectivity index is 1.38. The van der Waals surface area contributed by atoms with Gasteiger partial charge in [-0.1, -0.05) is 12.1 Å². The van der Waals surface area contributed by atoms with Crippen molar-refractivity contribution >= 4 is 22.9 Å². The van der Waals surface area contributed by atoms with Crippen LogP contribution in [0.15, 0.2) is 46.9 Å². The fourth-order valence-corrected chi connectivity index (χ4v) is 5.25. The number of pyridine rings is 1. The Hall–Kier alpha value is -2.45. The van der Waals surface area contributed by atoms with Crippen LogP contribution in [-0.2, 0) is 6.42 Å². The molecule has 2 unspecified atom stereocenters. The molecule has 0 radical (unpaired) electrons. The maximum atomic E-state index is 4.94. The average Bonchev–Trinajstić information content (AvgIpc) is 3.42. The zero-order valence-corrected chi connectivity index (χ0v) is 18.6. The largest absolute Gasteiger partial charge is 0.357 e. The van der Waals surface area contributed by atoms with Gasteiger partial charge in [0.1, 0.15) is 5.82 Å². The van der Waals surface area contributed by atoms with E-state index >= 15 is 0 Å². The summed E-state index contributed by atoms with van der Waals surface area (Å²) in [5.74, 6) is 2.38. The summed E-state index contributed by atoms with van der Waals surface area (Å²) < 4.78 is 2.04. The van der Waals surface area contributed by atoms with E-state index in [0.29, 0.717) is 12.0 Å². The Labute approximate surface area is 182 Å². The molecule has 1 aliphatic rings. The Bertz CT molecular complexity index is 949. The van der Waals surface area contributed by atoms with Gasteiger partial charge in [-0.15, -0.1) is 21.5 Å². The number of nitrogens with zero attached hydrogens (tertiary/aromatic N) is 5. The number of nitrogens with one attached hydrogen (secondary N) is 2. The summed E-state index contributed by atoms with van der Waals surface area (Å²) in [6.07, 6.45) is 5.26. The quantitative estimate of drug-likeness (QED) is 0.450. The molecule has 0 saturated carbocycles. The average molecular weight is 426 g/mol. The first kappa shape index (κ1) is 20.8. The number of likely N-dealkylation sites (tertiary alicyclic amines) is 1. The van der Waals surface area contributed by atoms with Crippen LogP contribution in [0.4, 0.5) is 0 Å². The van der Waals surface area contributed by atoms with E-state index in [1.165, 1.54) is 17.7 Å². The zero-order valence-electron chi connectivity index (χ0n) is 17.8. The van der Waals surface area contributed by atoms with Gasteiger partial charge in [0, 0.05) is 43.2 Å². The van der Waals surface area contributed by atoms with Crippen LogP contribution in [0.3, 0.4) is 0 Å². The van der Waals surface area contributed by atoms with E-state index in [1.54, 1.807) is 0 Å². The highest BCUT2D eigenvalue weighted by molar-refractivity contribution is 7.10. The van der Waals surface area contributed by atoms with Crippen LogP contribution >= 0.6 is 11.3 Å². The lowest BCUT2D eigenvalue weighted by Crippen LogP contribution is -2.40. The summed E-state index contributed by atoms with van der Waals surface area (Å²) in [4.78, 5) is 8.89. The minimum absolute atomic E-state index is 0.465.